The smallest absolute Gasteiger partial charge is 0.218 e. The van der Waals surface area contributed by atoms with Gasteiger partial charge in [0.2, 0.25) is 10.4 Å². The molecule has 0 amide bonds. The van der Waals surface area contributed by atoms with E-state index >= 15 is 0 Å². The molecule has 0 saturated carbocycles. The van der Waals surface area contributed by atoms with E-state index in [1.165, 1.54) is 0 Å². The summed E-state index contributed by atoms with van der Waals surface area (Å²) in [5.41, 5.74) is 0.808. The van der Waals surface area contributed by atoms with Gasteiger partial charge < -0.3 is 23.9 Å². The maximum Gasteiger partial charge on any atom is 0.218 e. The Morgan fingerprint density at radius 1 is 1.27 bits per heavy atom. The maximum atomic E-state index is 10.9. The molecule has 0 N–H and O–H groups in total. The van der Waals surface area contributed by atoms with Crippen LogP contribution >= 0.6 is 0 Å². The molecule has 0 bridgehead atoms. The molecule has 122 valence electrons. The van der Waals surface area contributed by atoms with Crippen LogP contribution in [0.25, 0.3) is 0 Å². The second-order valence-corrected chi connectivity index (χ2v) is 5.76. The summed E-state index contributed by atoms with van der Waals surface area (Å²) in [6, 6.07) is 8.98. The number of benzene rings is 1. The molecule has 1 aliphatic heterocycles. The Labute approximate surface area is 127 Å². The minimum atomic E-state index is -4.95. The predicted octanol–water partition coefficient (Wildman–Crippen LogP) is -1.04. The van der Waals surface area contributed by atoms with Crippen molar-refractivity contribution in [3.8, 4) is 0 Å². The molecular weight excluding hydrogens is 316 g/mol. The van der Waals surface area contributed by atoms with Gasteiger partial charge in [-0.25, -0.2) is 8.42 Å². The number of carboxylic acid groups (broad SMARTS) is 1. The molecule has 1 aromatic carbocycles. The second kappa shape index (κ2) is 7.16. The lowest BCUT2D eigenvalue weighted by Gasteiger charge is -2.36. The highest BCUT2D eigenvalue weighted by molar-refractivity contribution is 7.80. The number of hydrogen-bond donors (Lipinski definition) is 0. The minimum Gasteiger partial charge on any atom is -0.726 e. The Morgan fingerprint density at radius 2 is 1.95 bits per heavy atom. The van der Waals surface area contributed by atoms with Gasteiger partial charge in [0.1, 0.15) is 6.10 Å². The Morgan fingerprint density at radius 3 is 2.55 bits per heavy atom. The van der Waals surface area contributed by atoms with Crippen LogP contribution in [0.3, 0.4) is 0 Å². The molecule has 8 nitrogen and oxygen atoms in total. The van der Waals surface area contributed by atoms with E-state index in [1.807, 2.05) is 6.07 Å². The van der Waals surface area contributed by atoms with Gasteiger partial charge in [-0.1, -0.05) is 30.3 Å². The summed E-state index contributed by atoms with van der Waals surface area (Å²) in [5, 5.41) is 10.9. The summed E-state index contributed by atoms with van der Waals surface area (Å²) in [4.78, 5) is 10.9. The monoisotopic (exact) mass is 330 g/mol. The van der Waals surface area contributed by atoms with Crippen LogP contribution in [0.2, 0.25) is 0 Å². The Hall–Kier alpha value is -1.52. The van der Waals surface area contributed by atoms with Crippen molar-refractivity contribution in [1.82, 2.24) is 0 Å². The quantitative estimate of drug-likeness (QED) is 0.478. The molecule has 9 heteroatoms. The first-order valence-corrected chi connectivity index (χ1v) is 7.80. The van der Waals surface area contributed by atoms with Crippen molar-refractivity contribution in [1.29, 1.82) is 0 Å². The molecule has 2 rings (SSSR count). The second-order valence-electron chi connectivity index (χ2n) is 4.75. The molecule has 1 fully saturated rings. The van der Waals surface area contributed by atoms with Crippen LogP contribution < -0.4 is 5.11 Å². The zero-order valence-electron chi connectivity index (χ0n) is 11.4. The van der Waals surface area contributed by atoms with E-state index in [0.717, 1.165) is 5.56 Å². The molecule has 0 spiro atoms. The van der Waals surface area contributed by atoms with Gasteiger partial charge in [0.05, 0.1) is 31.4 Å². The average Bonchev–Trinajstić information content (AvgIpc) is 2.45. The van der Waals surface area contributed by atoms with Crippen molar-refractivity contribution in [3.63, 3.8) is 0 Å². The standard InChI is InChI=1S/C13H16O8S/c14-13(15)11-6-10(12(8-20-11)21-22(16,17)18)19-7-9-4-2-1-3-5-9/h1-5,10-12H,6-8H2,(H,14,15)(H,16,17,18)/p-2/t10-,11?,12?/m1/s1. The molecule has 0 aliphatic carbocycles. The fourth-order valence-corrected chi connectivity index (χ4v) is 2.59. The highest BCUT2D eigenvalue weighted by Gasteiger charge is 2.35. The van der Waals surface area contributed by atoms with E-state index in [9.17, 15) is 22.9 Å². The normalized spacial score (nSPS) is 25.8. The van der Waals surface area contributed by atoms with Gasteiger partial charge in [0.25, 0.3) is 0 Å². The first-order chi connectivity index (χ1) is 10.3. The predicted molar refractivity (Wildman–Crippen MR) is 69.0 cm³/mol. The van der Waals surface area contributed by atoms with Crippen molar-refractivity contribution >= 4 is 16.4 Å². The van der Waals surface area contributed by atoms with E-state index < -0.39 is 34.7 Å². The number of hydrogen-bond acceptors (Lipinski definition) is 8. The lowest BCUT2D eigenvalue weighted by molar-refractivity contribution is -0.321. The Bertz CT molecular complexity index is 600. The first kappa shape index (κ1) is 16.8. The topological polar surface area (TPSA) is 125 Å². The number of carbonyl (C=O) groups is 1. The summed E-state index contributed by atoms with van der Waals surface area (Å²) < 4.78 is 46.9. The molecule has 1 aromatic rings. The highest BCUT2D eigenvalue weighted by atomic mass is 32.3. The number of aliphatic carboxylic acids is 1. The van der Waals surface area contributed by atoms with Gasteiger partial charge in [-0.2, -0.15) is 0 Å². The van der Waals surface area contributed by atoms with E-state index in [1.54, 1.807) is 24.3 Å². The summed E-state index contributed by atoms with van der Waals surface area (Å²) in [5.74, 6) is -1.43. The van der Waals surface area contributed by atoms with E-state index in [0.29, 0.717) is 0 Å². The summed E-state index contributed by atoms with van der Waals surface area (Å²) in [6.07, 6.45) is -3.52. The van der Waals surface area contributed by atoms with E-state index in [4.69, 9.17) is 9.47 Å². The van der Waals surface area contributed by atoms with Crippen molar-refractivity contribution in [2.75, 3.05) is 6.61 Å². The molecule has 3 atom stereocenters. The third-order valence-corrected chi connectivity index (χ3v) is 3.62. The Kier molecular flexibility index (Phi) is 5.48. The molecular formula is C13H14O8S-2. The lowest BCUT2D eigenvalue weighted by atomic mass is 10.0. The van der Waals surface area contributed by atoms with Gasteiger partial charge in [0, 0.05) is 6.42 Å². The van der Waals surface area contributed by atoms with Crippen LogP contribution in [0.5, 0.6) is 0 Å². The largest absolute Gasteiger partial charge is 0.726 e. The fourth-order valence-electron chi connectivity index (χ4n) is 2.11. The first-order valence-electron chi connectivity index (χ1n) is 6.47. The van der Waals surface area contributed by atoms with Crippen LogP contribution in [-0.4, -0.2) is 43.9 Å². The van der Waals surface area contributed by atoms with E-state index in [2.05, 4.69) is 4.18 Å². The zero-order valence-corrected chi connectivity index (χ0v) is 12.2. The third kappa shape index (κ3) is 5.04. The number of carbonyl (C=O) groups excluding carboxylic acids is 1. The molecule has 0 aromatic heterocycles. The molecule has 1 saturated heterocycles. The highest BCUT2D eigenvalue weighted by Crippen LogP contribution is 2.22. The van der Waals surface area contributed by atoms with Crippen LogP contribution in [-0.2, 0) is 35.5 Å². The van der Waals surface area contributed by atoms with Gasteiger partial charge in [-0.15, -0.1) is 0 Å². The van der Waals surface area contributed by atoms with Gasteiger partial charge >= 0.3 is 0 Å². The molecule has 22 heavy (non-hydrogen) atoms. The van der Waals surface area contributed by atoms with Crippen LogP contribution in [0.4, 0.5) is 0 Å². The zero-order chi connectivity index (χ0) is 16.2. The number of ether oxygens (including phenoxy) is 2. The molecule has 1 aliphatic rings. The van der Waals surface area contributed by atoms with Crippen molar-refractivity contribution in [3.05, 3.63) is 35.9 Å². The van der Waals surface area contributed by atoms with Gasteiger partial charge in [0.15, 0.2) is 0 Å². The van der Waals surface area contributed by atoms with Crippen LogP contribution in [0, 0.1) is 0 Å². The molecule has 2 unspecified atom stereocenters. The van der Waals surface area contributed by atoms with E-state index in [-0.39, 0.29) is 19.6 Å². The number of rotatable bonds is 6. The van der Waals surface area contributed by atoms with Crippen molar-refractivity contribution in [2.24, 2.45) is 0 Å². The van der Waals surface area contributed by atoms with Crippen LogP contribution in [0.1, 0.15) is 12.0 Å². The van der Waals surface area contributed by atoms with Gasteiger partial charge in [-0.3, -0.25) is 4.18 Å². The third-order valence-electron chi connectivity index (χ3n) is 3.13. The summed E-state index contributed by atoms with van der Waals surface area (Å²) in [6.45, 7) is -0.274. The van der Waals surface area contributed by atoms with Crippen molar-refractivity contribution < 1.29 is 36.5 Å². The summed E-state index contributed by atoms with van der Waals surface area (Å²) in [7, 11) is -4.95. The summed E-state index contributed by atoms with van der Waals surface area (Å²) >= 11 is 0. The SMILES string of the molecule is O=C([O-])C1C[C@@H](OCc2ccccc2)C(OS(=O)(=O)[O-])CO1. The average molecular weight is 330 g/mol. The Balaban J connectivity index is 2.04. The maximum absolute atomic E-state index is 10.9. The lowest BCUT2D eigenvalue weighted by Crippen LogP contribution is -2.50. The molecule has 1 heterocycles. The van der Waals surface area contributed by atoms with Crippen molar-refractivity contribution in [2.45, 2.75) is 31.3 Å². The minimum absolute atomic E-state index is 0.115. The fraction of sp³-hybridized carbons (Fsp3) is 0.462. The van der Waals surface area contributed by atoms with Gasteiger partial charge in [-0.05, 0) is 5.56 Å². The molecule has 0 radical (unpaired) electrons. The number of carboxylic acids is 1. The van der Waals surface area contributed by atoms with Crippen LogP contribution in [0.15, 0.2) is 30.3 Å².